The van der Waals surface area contributed by atoms with Crippen molar-refractivity contribution in [2.24, 2.45) is 4.99 Å². The number of hydrogen-bond acceptors (Lipinski definition) is 1. The molecule has 3 heteroatoms. The van der Waals surface area contributed by atoms with Gasteiger partial charge in [-0.15, -0.1) is 0 Å². The average Bonchev–Trinajstić information content (AvgIpc) is 3.67. The minimum atomic E-state index is 0.836. The molecule has 2 aromatic heterocycles. The van der Waals surface area contributed by atoms with Crippen LogP contribution in [0.2, 0.25) is 0 Å². The highest BCUT2D eigenvalue weighted by atomic mass is 15.1. The van der Waals surface area contributed by atoms with Crippen molar-refractivity contribution in [1.29, 1.82) is 0 Å². The molecule has 10 aromatic rings. The second kappa shape index (κ2) is 12.0. The van der Waals surface area contributed by atoms with Crippen LogP contribution in [0.1, 0.15) is 18.1 Å². The lowest BCUT2D eigenvalue weighted by atomic mass is 9.95. The molecule has 254 valence electrons. The zero-order chi connectivity index (χ0) is 35.8. The van der Waals surface area contributed by atoms with Crippen LogP contribution in [0.5, 0.6) is 0 Å². The first kappa shape index (κ1) is 30.6. The molecule has 3 nitrogen and oxygen atoms in total. The van der Waals surface area contributed by atoms with E-state index in [0.29, 0.717) is 0 Å². The van der Waals surface area contributed by atoms with Crippen molar-refractivity contribution in [3.8, 4) is 16.8 Å². The number of aliphatic imine (C=N–C) groups is 1. The number of aromatic nitrogens is 2. The van der Waals surface area contributed by atoms with Gasteiger partial charge in [0.25, 0.3) is 0 Å². The topological polar surface area (TPSA) is 22.2 Å². The van der Waals surface area contributed by atoms with Crippen molar-refractivity contribution >= 4 is 71.5 Å². The van der Waals surface area contributed by atoms with Crippen LogP contribution in [0, 0.1) is 0 Å². The third kappa shape index (κ3) is 4.65. The summed E-state index contributed by atoms with van der Waals surface area (Å²) >= 11 is 0. The maximum atomic E-state index is 5.63. The largest absolute Gasteiger partial charge is 0.309 e. The standard InChI is InChI=1S/C51H35N3/c1-33-29-38-20-12-14-24-45(38)52-51(49(33)36-18-7-3-8-19-36)54-46-28-26-37(34-15-5-2-6-16-34)30-42(46)44-31-43-41-27-25-35-17-11-13-23-40(35)50(41)53(47(43)32-48(44)54)39-21-9-4-10-22-39/h2-28,30-32H,29H2,1H3. The van der Waals surface area contributed by atoms with E-state index in [-0.39, 0.29) is 0 Å². The average molecular weight is 690 g/mol. The number of rotatable bonds is 3. The summed E-state index contributed by atoms with van der Waals surface area (Å²) in [4.78, 5) is 5.63. The molecule has 1 aliphatic heterocycles. The molecule has 0 radical (unpaired) electrons. The van der Waals surface area contributed by atoms with Gasteiger partial charge in [-0.2, -0.15) is 0 Å². The van der Waals surface area contributed by atoms with Gasteiger partial charge in [0.15, 0.2) is 0 Å². The van der Waals surface area contributed by atoms with Gasteiger partial charge in [0.05, 0.1) is 27.8 Å². The van der Waals surface area contributed by atoms with Gasteiger partial charge in [-0.25, -0.2) is 4.99 Å². The summed E-state index contributed by atoms with van der Waals surface area (Å²) < 4.78 is 4.91. The van der Waals surface area contributed by atoms with Crippen LogP contribution >= 0.6 is 0 Å². The fraction of sp³-hybridized carbons (Fsp3) is 0.0392. The van der Waals surface area contributed by atoms with Gasteiger partial charge in [0, 0.05) is 38.2 Å². The molecule has 11 rings (SSSR count). The number of fused-ring (bicyclic) bond motifs is 9. The summed E-state index contributed by atoms with van der Waals surface area (Å²) in [5.74, 6) is 0.947. The highest BCUT2D eigenvalue weighted by molar-refractivity contribution is 6.32. The minimum absolute atomic E-state index is 0.836. The summed E-state index contributed by atoms with van der Waals surface area (Å²) in [6, 6.07) is 66.1. The molecule has 0 saturated carbocycles. The molecule has 0 amide bonds. The van der Waals surface area contributed by atoms with Gasteiger partial charge < -0.3 is 4.57 Å². The number of benzene rings is 8. The Hall–Kier alpha value is -6.97. The Balaban J connectivity index is 1.33. The van der Waals surface area contributed by atoms with Gasteiger partial charge >= 0.3 is 0 Å². The quantitative estimate of drug-likeness (QED) is 0.176. The molecule has 0 aliphatic carbocycles. The Morgan fingerprint density at radius 3 is 1.91 bits per heavy atom. The lowest BCUT2D eigenvalue weighted by Crippen LogP contribution is -2.15. The maximum absolute atomic E-state index is 5.63. The Labute approximate surface area is 313 Å². The van der Waals surface area contributed by atoms with Crippen molar-refractivity contribution in [2.45, 2.75) is 13.3 Å². The van der Waals surface area contributed by atoms with E-state index in [2.05, 4.69) is 198 Å². The second-order valence-corrected chi connectivity index (χ2v) is 14.4. The summed E-state index contributed by atoms with van der Waals surface area (Å²) in [7, 11) is 0. The Morgan fingerprint density at radius 2 is 1.09 bits per heavy atom. The summed E-state index contributed by atoms with van der Waals surface area (Å²) in [5, 5.41) is 7.38. The van der Waals surface area contributed by atoms with Gasteiger partial charge in [0.1, 0.15) is 5.84 Å². The lowest BCUT2D eigenvalue weighted by molar-refractivity contribution is 1.15. The monoisotopic (exact) mass is 689 g/mol. The van der Waals surface area contributed by atoms with E-state index in [9.17, 15) is 0 Å². The zero-order valence-electron chi connectivity index (χ0n) is 29.9. The molecule has 0 bridgehead atoms. The van der Waals surface area contributed by atoms with Crippen LogP contribution in [0.3, 0.4) is 0 Å². The van der Waals surface area contributed by atoms with Gasteiger partial charge in [-0.3, -0.25) is 4.57 Å². The molecule has 0 N–H and O–H groups in total. The SMILES string of the molecule is CC1=C(c2ccccc2)C(n2c3ccc(-c4ccccc4)cc3c3cc4c5ccc6ccccc6c5n(-c5ccccc5)c4cc32)=Nc2ccccc2C1. The van der Waals surface area contributed by atoms with Crippen molar-refractivity contribution in [1.82, 2.24) is 9.13 Å². The van der Waals surface area contributed by atoms with Crippen LogP contribution in [0.4, 0.5) is 5.69 Å². The van der Waals surface area contributed by atoms with Crippen LogP contribution in [0.25, 0.3) is 76.8 Å². The maximum Gasteiger partial charge on any atom is 0.146 e. The summed E-state index contributed by atoms with van der Waals surface area (Å²) in [6.45, 7) is 2.28. The molecule has 0 unspecified atom stereocenters. The molecular formula is C51H35N3. The van der Waals surface area contributed by atoms with Gasteiger partial charge in [-0.05, 0) is 83.4 Å². The molecule has 1 aliphatic rings. The number of allylic oxidation sites excluding steroid dienone is 2. The lowest BCUT2D eigenvalue weighted by Gasteiger charge is -2.17. The first-order valence-corrected chi connectivity index (χ1v) is 18.7. The van der Waals surface area contributed by atoms with Crippen molar-refractivity contribution < 1.29 is 0 Å². The van der Waals surface area contributed by atoms with Crippen LogP contribution < -0.4 is 0 Å². The molecular weight excluding hydrogens is 655 g/mol. The van der Waals surface area contributed by atoms with Crippen LogP contribution in [-0.4, -0.2) is 15.0 Å². The van der Waals surface area contributed by atoms with E-state index in [1.165, 1.54) is 76.8 Å². The molecule has 0 fully saturated rings. The predicted molar refractivity (Wildman–Crippen MR) is 228 cm³/mol. The van der Waals surface area contributed by atoms with Crippen molar-refractivity contribution in [2.75, 3.05) is 0 Å². The molecule has 54 heavy (non-hydrogen) atoms. The first-order chi connectivity index (χ1) is 26.7. The third-order valence-electron chi connectivity index (χ3n) is 11.3. The Bertz CT molecular complexity index is 3160. The molecule has 0 saturated heterocycles. The van der Waals surface area contributed by atoms with Crippen molar-refractivity contribution in [3.05, 3.63) is 199 Å². The molecule has 0 atom stereocenters. The van der Waals surface area contributed by atoms with Crippen LogP contribution in [-0.2, 0) is 6.42 Å². The Morgan fingerprint density at radius 1 is 0.444 bits per heavy atom. The number of para-hydroxylation sites is 2. The van der Waals surface area contributed by atoms with Gasteiger partial charge in [0.2, 0.25) is 0 Å². The van der Waals surface area contributed by atoms with Crippen molar-refractivity contribution in [3.63, 3.8) is 0 Å². The van der Waals surface area contributed by atoms with E-state index >= 15 is 0 Å². The second-order valence-electron chi connectivity index (χ2n) is 14.4. The van der Waals surface area contributed by atoms with Gasteiger partial charge in [-0.1, -0.05) is 145 Å². The molecule has 3 heterocycles. The van der Waals surface area contributed by atoms with E-state index in [1.54, 1.807) is 0 Å². The smallest absolute Gasteiger partial charge is 0.146 e. The van der Waals surface area contributed by atoms with Crippen LogP contribution in [0.15, 0.2) is 193 Å². The fourth-order valence-corrected chi connectivity index (χ4v) is 8.82. The highest BCUT2D eigenvalue weighted by Crippen LogP contribution is 2.43. The fourth-order valence-electron chi connectivity index (χ4n) is 8.82. The molecule has 0 spiro atoms. The summed E-state index contributed by atoms with van der Waals surface area (Å²) in [6.07, 6.45) is 0.836. The third-order valence-corrected chi connectivity index (χ3v) is 11.3. The van der Waals surface area contributed by atoms with E-state index in [0.717, 1.165) is 34.7 Å². The first-order valence-electron chi connectivity index (χ1n) is 18.7. The zero-order valence-corrected chi connectivity index (χ0v) is 29.9. The number of hydrogen-bond donors (Lipinski definition) is 0. The Kier molecular flexibility index (Phi) is 6.83. The van der Waals surface area contributed by atoms with E-state index in [1.807, 2.05) is 0 Å². The highest BCUT2D eigenvalue weighted by Gasteiger charge is 2.26. The predicted octanol–water partition coefficient (Wildman–Crippen LogP) is 13.3. The number of nitrogens with zero attached hydrogens (tertiary/aromatic N) is 3. The summed E-state index contributed by atoms with van der Waals surface area (Å²) in [5.41, 5.74) is 14.1. The normalized spacial score (nSPS) is 13.2. The minimum Gasteiger partial charge on any atom is -0.309 e. The molecule has 8 aromatic carbocycles. The van der Waals surface area contributed by atoms with E-state index < -0.39 is 0 Å². The van der Waals surface area contributed by atoms with E-state index in [4.69, 9.17) is 4.99 Å².